The van der Waals surface area contributed by atoms with E-state index in [-0.39, 0.29) is 36.9 Å². The third-order valence-corrected chi connectivity index (χ3v) is 7.88. The number of hydrogen-bond donors (Lipinski definition) is 2. The minimum Gasteiger partial charge on any atom is -0.481 e. The van der Waals surface area contributed by atoms with E-state index in [9.17, 15) is 19.5 Å². The average Bonchev–Trinajstić information content (AvgIpc) is 3.48. The van der Waals surface area contributed by atoms with Gasteiger partial charge in [-0.25, -0.2) is 4.79 Å². The van der Waals surface area contributed by atoms with Gasteiger partial charge in [0.25, 0.3) is 0 Å². The van der Waals surface area contributed by atoms with E-state index in [1.165, 1.54) is 22.3 Å². The standard InChI is InChI=1S/C28H32N2O5/c31-26(30-14-13-19(16-30)27(32)33)15-18-7-1-6-12-25(18)29-28(34)35-17-24-22-10-4-2-8-20(22)21-9-3-5-11-23(21)24/h2-5,8-11,18-19,24-25H,1,6-7,12-17H2,(H,29,34)(H,32,33)/t18-,19?,25-/m0/s1. The molecular formula is C28H32N2O5. The number of nitrogens with one attached hydrogen (secondary N) is 1. The van der Waals surface area contributed by atoms with E-state index in [1.807, 2.05) is 24.3 Å². The first kappa shape index (κ1) is 23.4. The van der Waals surface area contributed by atoms with Gasteiger partial charge in [-0.05, 0) is 47.4 Å². The molecule has 7 heteroatoms. The van der Waals surface area contributed by atoms with E-state index in [4.69, 9.17) is 4.74 Å². The zero-order chi connectivity index (χ0) is 24.4. The Balaban J connectivity index is 1.18. The van der Waals surface area contributed by atoms with Gasteiger partial charge in [0.2, 0.25) is 5.91 Å². The van der Waals surface area contributed by atoms with Crippen LogP contribution in [-0.2, 0) is 14.3 Å². The number of fused-ring (bicyclic) bond motifs is 3. The topological polar surface area (TPSA) is 95.9 Å². The number of carboxylic acid groups (broad SMARTS) is 1. The highest BCUT2D eigenvalue weighted by Gasteiger charge is 2.35. The fourth-order valence-electron chi connectivity index (χ4n) is 5.98. The van der Waals surface area contributed by atoms with Crippen LogP contribution in [0.1, 0.15) is 55.6 Å². The SMILES string of the molecule is O=C(N[C@H]1CCCC[C@H]1CC(=O)N1CCC(C(=O)O)C1)OCC1c2ccccc2-c2ccccc21. The van der Waals surface area contributed by atoms with Crippen LogP contribution in [0.15, 0.2) is 48.5 Å². The summed E-state index contributed by atoms with van der Waals surface area (Å²) in [4.78, 5) is 38.5. The number of benzene rings is 2. The predicted molar refractivity (Wildman–Crippen MR) is 131 cm³/mol. The predicted octanol–water partition coefficient (Wildman–Crippen LogP) is 4.41. The maximum absolute atomic E-state index is 12.8. The van der Waals surface area contributed by atoms with Crippen molar-refractivity contribution in [2.24, 2.45) is 11.8 Å². The lowest BCUT2D eigenvalue weighted by Crippen LogP contribution is -2.44. The number of carbonyl (C=O) groups is 3. The van der Waals surface area contributed by atoms with Crippen molar-refractivity contribution in [2.45, 2.75) is 50.5 Å². The molecule has 35 heavy (non-hydrogen) atoms. The Morgan fingerprint density at radius 1 is 0.943 bits per heavy atom. The number of rotatable bonds is 6. The molecule has 2 N–H and O–H groups in total. The number of alkyl carbamates (subject to hydrolysis) is 1. The van der Waals surface area contributed by atoms with Crippen LogP contribution in [0, 0.1) is 11.8 Å². The first-order valence-corrected chi connectivity index (χ1v) is 12.6. The number of ether oxygens (including phenoxy) is 1. The maximum atomic E-state index is 12.8. The van der Waals surface area contributed by atoms with Crippen molar-refractivity contribution in [1.82, 2.24) is 10.2 Å². The summed E-state index contributed by atoms with van der Waals surface area (Å²) in [5.41, 5.74) is 4.73. The van der Waals surface area contributed by atoms with E-state index in [0.29, 0.717) is 19.4 Å². The molecule has 2 fully saturated rings. The lowest BCUT2D eigenvalue weighted by Gasteiger charge is -2.32. The van der Waals surface area contributed by atoms with Gasteiger partial charge < -0.3 is 20.1 Å². The molecule has 1 saturated carbocycles. The molecule has 5 rings (SSSR count). The fourth-order valence-corrected chi connectivity index (χ4v) is 5.98. The minimum absolute atomic E-state index is 0.00854. The van der Waals surface area contributed by atoms with Crippen molar-refractivity contribution >= 4 is 18.0 Å². The van der Waals surface area contributed by atoms with Gasteiger partial charge in [-0.1, -0.05) is 61.4 Å². The molecule has 0 spiro atoms. The lowest BCUT2D eigenvalue weighted by atomic mass is 9.82. The van der Waals surface area contributed by atoms with Crippen LogP contribution in [-0.4, -0.2) is 53.7 Å². The summed E-state index contributed by atoms with van der Waals surface area (Å²) in [6.07, 6.45) is 4.12. The smallest absolute Gasteiger partial charge is 0.407 e. The van der Waals surface area contributed by atoms with Gasteiger partial charge in [-0.15, -0.1) is 0 Å². The molecule has 1 aliphatic heterocycles. The molecule has 7 nitrogen and oxygen atoms in total. The molecule has 184 valence electrons. The number of carbonyl (C=O) groups excluding carboxylic acids is 2. The number of nitrogens with zero attached hydrogens (tertiary/aromatic N) is 1. The minimum atomic E-state index is -0.840. The van der Waals surface area contributed by atoms with E-state index >= 15 is 0 Å². The van der Waals surface area contributed by atoms with E-state index in [1.54, 1.807) is 4.90 Å². The first-order chi connectivity index (χ1) is 17.0. The number of likely N-dealkylation sites (tertiary alicyclic amines) is 1. The molecule has 3 atom stereocenters. The monoisotopic (exact) mass is 476 g/mol. The van der Waals surface area contributed by atoms with Crippen LogP contribution in [0.5, 0.6) is 0 Å². The number of hydrogen-bond acceptors (Lipinski definition) is 4. The van der Waals surface area contributed by atoms with Gasteiger partial charge in [0.1, 0.15) is 6.61 Å². The summed E-state index contributed by atoms with van der Waals surface area (Å²) in [6, 6.07) is 16.4. The first-order valence-electron chi connectivity index (χ1n) is 12.6. The van der Waals surface area contributed by atoms with Crippen molar-refractivity contribution < 1.29 is 24.2 Å². The van der Waals surface area contributed by atoms with Crippen molar-refractivity contribution in [3.05, 3.63) is 59.7 Å². The van der Waals surface area contributed by atoms with Gasteiger partial charge in [0.15, 0.2) is 0 Å². The normalized spacial score (nSPS) is 23.4. The van der Waals surface area contributed by atoms with E-state index in [2.05, 4.69) is 29.6 Å². The summed E-state index contributed by atoms with van der Waals surface area (Å²) >= 11 is 0. The molecule has 2 aromatic rings. The van der Waals surface area contributed by atoms with Crippen molar-refractivity contribution in [3.63, 3.8) is 0 Å². The molecule has 3 aliphatic rings. The Morgan fingerprint density at radius 3 is 2.26 bits per heavy atom. The van der Waals surface area contributed by atoms with Crippen LogP contribution in [0.3, 0.4) is 0 Å². The number of carboxylic acids is 1. The van der Waals surface area contributed by atoms with Gasteiger partial charge in [-0.3, -0.25) is 9.59 Å². The molecule has 2 aromatic carbocycles. The second-order valence-electron chi connectivity index (χ2n) is 9.99. The summed E-state index contributed by atoms with van der Waals surface area (Å²) in [5, 5.41) is 12.3. The van der Waals surface area contributed by atoms with Crippen LogP contribution >= 0.6 is 0 Å². The quantitative estimate of drug-likeness (QED) is 0.644. The van der Waals surface area contributed by atoms with Crippen LogP contribution < -0.4 is 5.32 Å². The number of aliphatic carboxylic acids is 1. The summed E-state index contributed by atoms with van der Waals surface area (Å²) in [6.45, 7) is 1.04. The summed E-state index contributed by atoms with van der Waals surface area (Å²) < 4.78 is 5.73. The highest BCUT2D eigenvalue weighted by Crippen LogP contribution is 2.44. The largest absolute Gasteiger partial charge is 0.481 e. The van der Waals surface area contributed by atoms with Crippen molar-refractivity contribution in [3.8, 4) is 11.1 Å². The Bertz CT molecular complexity index is 1070. The summed E-state index contributed by atoms with van der Waals surface area (Å²) in [5.74, 6) is -1.28. The van der Waals surface area contributed by atoms with Crippen LogP contribution in [0.2, 0.25) is 0 Å². The maximum Gasteiger partial charge on any atom is 0.407 e. The second kappa shape index (κ2) is 10.1. The summed E-state index contributed by atoms with van der Waals surface area (Å²) in [7, 11) is 0. The van der Waals surface area contributed by atoms with Crippen molar-refractivity contribution in [2.75, 3.05) is 19.7 Å². The Hall–Kier alpha value is -3.35. The van der Waals surface area contributed by atoms with Gasteiger partial charge >= 0.3 is 12.1 Å². The highest BCUT2D eigenvalue weighted by atomic mass is 16.5. The fraction of sp³-hybridized carbons (Fsp3) is 0.464. The molecule has 1 unspecified atom stereocenters. The van der Waals surface area contributed by atoms with E-state index < -0.39 is 18.0 Å². The number of amides is 2. The highest BCUT2D eigenvalue weighted by molar-refractivity contribution is 5.80. The third kappa shape index (κ3) is 4.90. The zero-order valence-electron chi connectivity index (χ0n) is 19.8. The molecule has 1 heterocycles. The van der Waals surface area contributed by atoms with Crippen LogP contribution in [0.25, 0.3) is 11.1 Å². The third-order valence-electron chi connectivity index (χ3n) is 7.88. The Morgan fingerprint density at radius 2 is 1.60 bits per heavy atom. The van der Waals surface area contributed by atoms with Gasteiger partial charge in [0.05, 0.1) is 5.92 Å². The molecular weight excluding hydrogens is 444 g/mol. The van der Waals surface area contributed by atoms with Crippen LogP contribution in [0.4, 0.5) is 4.79 Å². The second-order valence-corrected chi connectivity index (χ2v) is 9.99. The zero-order valence-corrected chi connectivity index (χ0v) is 19.8. The molecule has 0 bridgehead atoms. The molecule has 0 aromatic heterocycles. The molecule has 1 saturated heterocycles. The molecule has 2 aliphatic carbocycles. The Kier molecular flexibility index (Phi) is 6.75. The lowest BCUT2D eigenvalue weighted by molar-refractivity contribution is -0.141. The van der Waals surface area contributed by atoms with Crippen molar-refractivity contribution in [1.29, 1.82) is 0 Å². The van der Waals surface area contributed by atoms with Gasteiger partial charge in [-0.2, -0.15) is 0 Å². The van der Waals surface area contributed by atoms with E-state index in [0.717, 1.165) is 25.7 Å². The molecule has 0 radical (unpaired) electrons. The average molecular weight is 477 g/mol. The molecule has 2 amide bonds. The Labute approximate surface area is 205 Å². The van der Waals surface area contributed by atoms with Gasteiger partial charge in [0, 0.05) is 31.5 Å².